The zero-order valence-corrected chi connectivity index (χ0v) is 25.9. The second kappa shape index (κ2) is 12.3. The summed E-state index contributed by atoms with van der Waals surface area (Å²) in [6.07, 6.45) is -1.29. The van der Waals surface area contributed by atoms with Crippen molar-refractivity contribution in [3.8, 4) is 5.75 Å². The minimum absolute atomic E-state index is 0.0736. The Labute approximate surface area is 240 Å². The molecule has 0 aliphatic rings. The van der Waals surface area contributed by atoms with Crippen LogP contribution in [0, 0.1) is 6.92 Å². The fourth-order valence-corrected chi connectivity index (χ4v) is 6.35. The second-order valence-electron chi connectivity index (χ2n) is 10.4. The first-order valence-electron chi connectivity index (χ1n) is 12.7. The molecule has 1 heterocycles. The molecule has 0 saturated carbocycles. The molecule has 3 aromatic rings. The van der Waals surface area contributed by atoms with Gasteiger partial charge in [0.2, 0.25) is 10.0 Å². The number of benzene rings is 2. The fourth-order valence-electron chi connectivity index (χ4n) is 4.17. The number of carbonyl (C=O) groups excluding carboxylic acids is 1. The SMILES string of the molecule is Cc1c(Cc2cccc(S(=O)(=O)N(C(C)N(C)C)C(C)N(C)C)c2)c(=O)oc2cc(OC(=O)N(C)C)c(Cl)cc12. The number of aryl methyl sites for hydroxylation is 1. The van der Waals surface area contributed by atoms with Gasteiger partial charge in [0.1, 0.15) is 5.58 Å². The molecule has 10 nitrogen and oxygen atoms in total. The lowest BCUT2D eigenvalue weighted by molar-refractivity contribution is 0.0746. The van der Waals surface area contributed by atoms with Crippen LogP contribution in [0.15, 0.2) is 50.5 Å². The third kappa shape index (κ3) is 6.50. The van der Waals surface area contributed by atoms with Gasteiger partial charge < -0.3 is 14.1 Å². The van der Waals surface area contributed by atoms with Crippen molar-refractivity contribution in [1.29, 1.82) is 0 Å². The average Bonchev–Trinajstić information content (AvgIpc) is 2.87. The summed E-state index contributed by atoms with van der Waals surface area (Å²) >= 11 is 6.38. The summed E-state index contributed by atoms with van der Waals surface area (Å²) in [6, 6.07) is 9.59. The van der Waals surface area contributed by atoms with Crippen molar-refractivity contribution in [2.75, 3.05) is 42.3 Å². The van der Waals surface area contributed by atoms with Crippen LogP contribution >= 0.6 is 11.6 Å². The highest BCUT2D eigenvalue weighted by molar-refractivity contribution is 7.89. The largest absolute Gasteiger partial charge is 0.422 e. The molecule has 2 unspecified atom stereocenters. The first-order valence-corrected chi connectivity index (χ1v) is 14.5. The molecule has 0 aliphatic heterocycles. The molecular formula is C28H37ClN4O6S. The van der Waals surface area contributed by atoms with Crippen LogP contribution in [0.5, 0.6) is 5.75 Å². The summed E-state index contributed by atoms with van der Waals surface area (Å²) in [5.41, 5.74) is 1.29. The maximum atomic E-state index is 13.9. The zero-order valence-electron chi connectivity index (χ0n) is 24.4. The number of fused-ring (bicyclic) bond motifs is 1. The molecule has 3 rings (SSSR count). The Morgan fingerprint density at radius 3 is 2.15 bits per heavy atom. The van der Waals surface area contributed by atoms with Crippen LogP contribution in [0.4, 0.5) is 4.79 Å². The van der Waals surface area contributed by atoms with Gasteiger partial charge in [-0.2, -0.15) is 4.31 Å². The zero-order chi connectivity index (χ0) is 30.1. The van der Waals surface area contributed by atoms with Crippen LogP contribution in [-0.4, -0.2) is 88.1 Å². The van der Waals surface area contributed by atoms with Crippen molar-refractivity contribution in [1.82, 2.24) is 19.0 Å². The summed E-state index contributed by atoms with van der Waals surface area (Å²) in [5, 5.41) is 0.766. The minimum atomic E-state index is -3.90. The number of carbonyl (C=O) groups is 1. The number of nitrogens with zero attached hydrogens (tertiary/aromatic N) is 4. The van der Waals surface area contributed by atoms with Crippen molar-refractivity contribution >= 4 is 38.7 Å². The first-order chi connectivity index (χ1) is 18.6. The number of amides is 1. The molecule has 0 aliphatic carbocycles. The predicted octanol–water partition coefficient (Wildman–Crippen LogP) is 4.21. The van der Waals surface area contributed by atoms with Gasteiger partial charge >= 0.3 is 11.7 Å². The van der Waals surface area contributed by atoms with Crippen molar-refractivity contribution in [2.24, 2.45) is 0 Å². The van der Waals surface area contributed by atoms with Gasteiger partial charge in [-0.25, -0.2) is 18.0 Å². The Bertz CT molecular complexity index is 1550. The summed E-state index contributed by atoms with van der Waals surface area (Å²) in [6.45, 7) is 5.45. The predicted molar refractivity (Wildman–Crippen MR) is 157 cm³/mol. The number of halogens is 1. The lowest BCUT2D eigenvalue weighted by Gasteiger charge is -2.39. The van der Waals surface area contributed by atoms with E-state index < -0.39 is 34.1 Å². The number of hydrogen-bond acceptors (Lipinski definition) is 8. The van der Waals surface area contributed by atoms with Crippen LogP contribution < -0.4 is 10.4 Å². The molecule has 0 saturated heterocycles. The van der Waals surface area contributed by atoms with Gasteiger partial charge in [-0.05, 0) is 78.3 Å². The van der Waals surface area contributed by atoms with Crippen molar-refractivity contribution in [2.45, 2.75) is 44.4 Å². The van der Waals surface area contributed by atoms with Crippen molar-refractivity contribution in [3.63, 3.8) is 0 Å². The summed E-state index contributed by atoms with van der Waals surface area (Å²) in [7, 11) is 6.49. The van der Waals surface area contributed by atoms with E-state index in [1.807, 2.05) is 51.8 Å². The standard InChI is InChI=1S/C28H37ClN4O6S/c1-17-22-15-24(29)26(39-28(35)32(8)9)16-25(22)38-27(34)23(17)14-20-11-10-12-21(13-20)40(36,37)33(18(2)30(4)5)19(3)31(6)7/h10-13,15-16,18-19H,14H2,1-9H3. The maximum absolute atomic E-state index is 13.9. The van der Waals surface area contributed by atoms with E-state index in [-0.39, 0.29) is 27.7 Å². The van der Waals surface area contributed by atoms with E-state index >= 15 is 0 Å². The molecule has 0 spiro atoms. The van der Waals surface area contributed by atoms with Gasteiger partial charge in [0.05, 0.1) is 22.2 Å². The molecule has 218 valence electrons. The second-order valence-corrected chi connectivity index (χ2v) is 12.6. The van der Waals surface area contributed by atoms with Crippen molar-refractivity contribution in [3.05, 3.63) is 68.5 Å². The fraction of sp³-hybridized carbons (Fsp3) is 0.429. The molecule has 2 aromatic carbocycles. The van der Waals surface area contributed by atoms with E-state index in [4.69, 9.17) is 20.8 Å². The van der Waals surface area contributed by atoms with E-state index in [2.05, 4.69) is 0 Å². The van der Waals surface area contributed by atoms with E-state index in [1.165, 1.54) is 29.4 Å². The number of sulfonamides is 1. The van der Waals surface area contributed by atoms with Gasteiger partial charge in [-0.15, -0.1) is 0 Å². The lowest BCUT2D eigenvalue weighted by Crippen LogP contribution is -2.54. The Hall–Kier alpha value is -2.96. The number of ether oxygens (including phenoxy) is 1. The van der Waals surface area contributed by atoms with Crippen LogP contribution in [0.25, 0.3) is 11.0 Å². The molecule has 40 heavy (non-hydrogen) atoms. The smallest absolute Gasteiger partial charge is 0.414 e. The van der Waals surface area contributed by atoms with Crippen LogP contribution in [-0.2, 0) is 16.4 Å². The highest BCUT2D eigenvalue weighted by Crippen LogP contribution is 2.33. The Morgan fingerprint density at radius 1 is 1.00 bits per heavy atom. The summed E-state index contributed by atoms with van der Waals surface area (Å²) in [5.74, 6) is 0.0736. The Kier molecular flexibility index (Phi) is 9.69. The quantitative estimate of drug-likeness (QED) is 0.269. The van der Waals surface area contributed by atoms with Gasteiger partial charge in [-0.3, -0.25) is 9.80 Å². The molecule has 12 heteroatoms. The van der Waals surface area contributed by atoms with E-state index in [9.17, 15) is 18.0 Å². The van der Waals surface area contributed by atoms with E-state index in [0.29, 0.717) is 22.1 Å². The lowest BCUT2D eigenvalue weighted by atomic mass is 9.99. The topological polar surface area (TPSA) is 104 Å². The minimum Gasteiger partial charge on any atom is -0.422 e. The molecule has 1 aromatic heterocycles. The van der Waals surface area contributed by atoms with Crippen molar-refractivity contribution < 1.29 is 22.4 Å². The van der Waals surface area contributed by atoms with Gasteiger partial charge in [-0.1, -0.05) is 23.7 Å². The first kappa shape index (κ1) is 31.6. The van der Waals surface area contributed by atoms with Crippen LogP contribution in [0.2, 0.25) is 5.02 Å². The third-order valence-corrected chi connectivity index (χ3v) is 9.30. The monoisotopic (exact) mass is 592 g/mol. The third-order valence-electron chi connectivity index (χ3n) is 6.99. The van der Waals surface area contributed by atoms with Gasteiger partial charge in [0, 0.05) is 37.5 Å². The average molecular weight is 593 g/mol. The normalized spacial score (nSPS) is 13.7. The molecular weight excluding hydrogens is 556 g/mol. The number of hydrogen-bond donors (Lipinski definition) is 0. The molecule has 0 radical (unpaired) electrons. The summed E-state index contributed by atoms with van der Waals surface area (Å²) in [4.78, 5) is 30.1. The van der Waals surface area contributed by atoms with E-state index in [0.717, 1.165) is 0 Å². The van der Waals surface area contributed by atoms with Gasteiger partial charge in [0.25, 0.3) is 0 Å². The Balaban J connectivity index is 2.04. The molecule has 2 atom stereocenters. The van der Waals surface area contributed by atoms with E-state index in [1.54, 1.807) is 37.3 Å². The molecule has 1 amide bonds. The highest BCUT2D eigenvalue weighted by Gasteiger charge is 2.35. The summed E-state index contributed by atoms with van der Waals surface area (Å²) < 4.78 is 40.0. The molecule has 0 bridgehead atoms. The maximum Gasteiger partial charge on any atom is 0.414 e. The van der Waals surface area contributed by atoms with Gasteiger partial charge in [0.15, 0.2) is 5.75 Å². The number of rotatable bonds is 9. The Morgan fingerprint density at radius 2 is 1.60 bits per heavy atom. The highest BCUT2D eigenvalue weighted by atomic mass is 35.5. The van der Waals surface area contributed by atoms with Crippen LogP contribution in [0.1, 0.15) is 30.5 Å². The molecule has 0 N–H and O–H groups in total. The molecule has 0 fully saturated rings. The van der Waals surface area contributed by atoms with Crippen LogP contribution in [0.3, 0.4) is 0 Å².